The average molecular weight is 381 g/mol. The van der Waals surface area contributed by atoms with Crippen molar-refractivity contribution < 1.29 is 18.7 Å². The van der Waals surface area contributed by atoms with Crippen LogP contribution in [0, 0.1) is 5.82 Å². The fourth-order valence-corrected chi connectivity index (χ4v) is 4.31. The van der Waals surface area contributed by atoms with Crippen LogP contribution in [0.3, 0.4) is 0 Å². The highest BCUT2D eigenvalue weighted by Gasteiger charge is 2.24. The molecule has 0 amide bonds. The summed E-state index contributed by atoms with van der Waals surface area (Å²) in [7, 11) is 0. The lowest BCUT2D eigenvalue weighted by molar-refractivity contribution is 0.0513. The van der Waals surface area contributed by atoms with Crippen LogP contribution < -0.4 is 0 Å². The summed E-state index contributed by atoms with van der Waals surface area (Å²) in [5.74, 6) is -0.847. The van der Waals surface area contributed by atoms with Crippen molar-refractivity contribution in [2.75, 3.05) is 6.61 Å². The van der Waals surface area contributed by atoms with Gasteiger partial charge in [0.05, 0.1) is 12.2 Å². The third kappa shape index (κ3) is 2.92. The molecule has 0 atom stereocenters. The van der Waals surface area contributed by atoms with Gasteiger partial charge in [-0.1, -0.05) is 18.2 Å². The van der Waals surface area contributed by atoms with Gasteiger partial charge in [0.2, 0.25) is 0 Å². The predicted octanol–water partition coefficient (Wildman–Crippen LogP) is 5.03. The number of hydrogen-bond acceptors (Lipinski definition) is 4. The fraction of sp³-hybridized carbons (Fsp3) is 0.143. The quantitative estimate of drug-likeness (QED) is 0.360. The third-order valence-electron chi connectivity index (χ3n) is 4.54. The summed E-state index contributed by atoms with van der Waals surface area (Å²) in [6.07, 6.45) is 0.691. The Morgan fingerprint density at radius 2 is 2.04 bits per heavy atom. The van der Waals surface area contributed by atoms with E-state index in [1.165, 1.54) is 23.5 Å². The number of esters is 1. The van der Waals surface area contributed by atoms with Gasteiger partial charge in [-0.15, -0.1) is 11.3 Å². The van der Waals surface area contributed by atoms with Crippen LogP contribution in [0.5, 0.6) is 0 Å². The van der Waals surface area contributed by atoms with Crippen molar-refractivity contribution >= 4 is 44.6 Å². The topological polar surface area (TPSA) is 48.3 Å². The lowest BCUT2D eigenvalue weighted by Crippen LogP contribution is -2.14. The van der Waals surface area contributed by atoms with Crippen LogP contribution in [-0.2, 0) is 11.3 Å². The molecule has 2 aromatic heterocycles. The Morgan fingerprint density at radius 1 is 1.22 bits per heavy atom. The molecule has 2 heterocycles. The van der Waals surface area contributed by atoms with Crippen LogP contribution in [0.1, 0.15) is 33.3 Å². The number of hydrogen-bond donors (Lipinski definition) is 0. The van der Waals surface area contributed by atoms with Crippen LogP contribution in [0.15, 0.2) is 47.8 Å². The molecule has 0 aliphatic rings. The lowest BCUT2D eigenvalue weighted by Gasteiger charge is -2.10. The van der Waals surface area contributed by atoms with E-state index in [9.17, 15) is 14.0 Å². The number of aromatic nitrogens is 1. The number of rotatable bonds is 5. The summed E-state index contributed by atoms with van der Waals surface area (Å²) >= 11 is 1.52. The summed E-state index contributed by atoms with van der Waals surface area (Å²) in [5.41, 5.74) is 2.19. The van der Waals surface area contributed by atoms with E-state index in [1.807, 2.05) is 29.6 Å². The van der Waals surface area contributed by atoms with Crippen LogP contribution in [0.2, 0.25) is 0 Å². The zero-order valence-corrected chi connectivity index (χ0v) is 15.4. The minimum Gasteiger partial charge on any atom is -0.461 e. The molecule has 2 aromatic carbocycles. The van der Waals surface area contributed by atoms with Gasteiger partial charge in [-0.05, 0) is 42.1 Å². The number of carbonyl (C=O) groups is 2. The molecule has 0 aliphatic carbocycles. The van der Waals surface area contributed by atoms with Crippen LogP contribution >= 0.6 is 11.3 Å². The fourth-order valence-electron chi connectivity index (χ4n) is 3.38. The molecule has 0 unspecified atom stereocenters. The molecular weight excluding hydrogens is 365 g/mol. The van der Waals surface area contributed by atoms with Crippen molar-refractivity contribution in [3.05, 3.63) is 70.5 Å². The van der Waals surface area contributed by atoms with E-state index >= 15 is 0 Å². The summed E-state index contributed by atoms with van der Waals surface area (Å²) < 4.78 is 21.7. The Bertz CT molecular complexity index is 1180. The lowest BCUT2D eigenvalue weighted by atomic mass is 10.1. The maximum atomic E-state index is 13.7. The first-order chi connectivity index (χ1) is 13.1. The number of para-hydroxylation sites is 1. The van der Waals surface area contributed by atoms with Gasteiger partial charge < -0.3 is 9.30 Å². The van der Waals surface area contributed by atoms with Crippen molar-refractivity contribution in [1.82, 2.24) is 4.57 Å². The zero-order chi connectivity index (χ0) is 19.0. The number of ether oxygens (including phenoxy) is 1. The van der Waals surface area contributed by atoms with Crippen molar-refractivity contribution in [2.24, 2.45) is 0 Å². The van der Waals surface area contributed by atoms with E-state index < -0.39 is 5.97 Å². The number of aldehydes is 1. The highest BCUT2D eigenvalue weighted by atomic mass is 32.1. The van der Waals surface area contributed by atoms with E-state index in [1.54, 1.807) is 17.6 Å². The highest BCUT2D eigenvalue weighted by molar-refractivity contribution is 7.17. The van der Waals surface area contributed by atoms with Gasteiger partial charge in [-0.25, -0.2) is 9.18 Å². The smallest absolute Gasteiger partial charge is 0.355 e. The number of thiophene rings is 1. The molecule has 4 aromatic rings. The Labute approximate surface area is 158 Å². The highest BCUT2D eigenvalue weighted by Crippen LogP contribution is 2.31. The number of nitrogens with zero attached hydrogens (tertiary/aromatic N) is 1. The molecule has 4 nitrogen and oxygen atoms in total. The molecule has 0 fully saturated rings. The molecule has 0 aliphatic heterocycles. The molecule has 0 bridgehead atoms. The van der Waals surface area contributed by atoms with E-state index in [0.717, 1.165) is 21.2 Å². The molecule has 0 N–H and O–H groups in total. The molecular formula is C21H16FNO3S. The van der Waals surface area contributed by atoms with Crippen molar-refractivity contribution in [3.63, 3.8) is 0 Å². The van der Waals surface area contributed by atoms with Crippen molar-refractivity contribution in [3.8, 4) is 0 Å². The number of halogens is 1. The van der Waals surface area contributed by atoms with E-state index in [-0.39, 0.29) is 18.1 Å². The van der Waals surface area contributed by atoms with E-state index in [4.69, 9.17) is 4.74 Å². The first-order valence-corrected chi connectivity index (χ1v) is 9.41. The summed E-state index contributed by atoms with van der Waals surface area (Å²) in [6, 6.07) is 12.0. The average Bonchev–Trinajstić information content (AvgIpc) is 3.21. The van der Waals surface area contributed by atoms with Gasteiger partial charge >= 0.3 is 5.97 Å². The second-order valence-corrected chi connectivity index (χ2v) is 7.02. The largest absolute Gasteiger partial charge is 0.461 e. The first-order valence-electron chi connectivity index (χ1n) is 8.53. The molecule has 0 radical (unpaired) electrons. The molecule has 0 saturated heterocycles. The predicted molar refractivity (Wildman–Crippen MR) is 104 cm³/mol. The second-order valence-electron chi connectivity index (χ2n) is 6.11. The van der Waals surface area contributed by atoms with E-state index in [2.05, 4.69) is 0 Å². The van der Waals surface area contributed by atoms with Crippen LogP contribution in [0.25, 0.3) is 21.0 Å². The van der Waals surface area contributed by atoms with Crippen molar-refractivity contribution in [2.45, 2.75) is 13.5 Å². The van der Waals surface area contributed by atoms with Gasteiger partial charge in [0, 0.05) is 27.5 Å². The van der Waals surface area contributed by atoms with Gasteiger partial charge in [-0.2, -0.15) is 0 Å². The molecule has 0 saturated carbocycles. The zero-order valence-electron chi connectivity index (χ0n) is 14.6. The van der Waals surface area contributed by atoms with Gasteiger partial charge in [-0.3, -0.25) is 4.79 Å². The van der Waals surface area contributed by atoms with Crippen LogP contribution in [0.4, 0.5) is 4.39 Å². The molecule has 6 heteroatoms. The monoisotopic (exact) mass is 381 g/mol. The Hall–Kier alpha value is -2.99. The van der Waals surface area contributed by atoms with E-state index in [0.29, 0.717) is 23.8 Å². The maximum Gasteiger partial charge on any atom is 0.355 e. The number of carbonyl (C=O) groups excluding carboxylic acids is 2. The van der Waals surface area contributed by atoms with Gasteiger partial charge in [0.25, 0.3) is 0 Å². The van der Waals surface area contributed by atoms with Gasteiger partial charge in [0.15, 0.2) is 6.29 Å². The third-order valence-corrected chi connectivity index (χ3v) is 5.55. The summed E-state index contributed by atoms with van der Waals surface area (Å²) in [6.45, 7) is 2.28. The minimum absolute atomic E-state index is 0.214. The number of fused-ring (bicyclic) bond motifs is 2. The Kier molecular flexibility index (Phi) is 4.49. The normalized spacial score (nSPS) is 11.2. The first kappa shape index (κ1) is 17.4. The van der Waals surface area contributed by atoms with Crippen molar-refractivity contribution in [1.29, 1.82) is 0 Å². The molecule has 0 spiro atoms. The van der Waals surface area contributed by atoms with Gasteiger partial charge in [0.1, 0.15) is 11.5 Å². The summed E-state index contributed by atoms with van der Waals surface area (Å²) in [4.78, 5) is 24.4. The molecule has 4 rings (SSSR count). The summed E-state index contributed by atoms with van der Waals surface area (Å²) in [5, 5.41) is 3.45. The maximum absolute atomic E-state index is 13.7. The Morgan fingerprint density at radius 3 is 2.81 bits per heavy atom. The van der Waals surface area contributed by atoms with Crippen LogP contribution in [-0.4, -0.2) is 23.4 Å². The minimum atomic E-state index is -0.540. The second kappa shape index (κ2) is 6.96. The number of benzene rings is 2. The SMILES string of the molecule is CCOC(=O)c1c(C=O)c2ccccc2n1Cc1csc2ccc(F)cc12. The molecule has 136 valence electrons. The Balaban J connectivity index is 1.94. The molecule has 27 heavy (non-hydrogen) atoms. The standard InChI is InChI=1S/C21H16FNO3S/c1-2-26-21(25)20-17(11-24)15-5-3-4-6-18(15)23(20)10-13-12-27-19-8-7-14(22)9-16(13)19/h3-9,11-12H,2,10H2,1H3.